The Kier molecular flexibility index (Phi) is 7.26. The van der Waals surface area contributed by atoms with Crippen molar-refractivity contribution in [3.8, 4) is 0 Å². The van der Waals surface area contributed by atoms with Gasteiger partial charge < -0.3 is 24.7 Å². The first-order valence-corrected chi connectivity index (χ1v) is 8.94. The molecule has 0 amide bonds. The van der Waals surface area contributed by atoms with Crippen molar-refractivity contribution in [1.29, 1.82) is 0 Å². The van der Waals surface area contributed by atoms with Crippen molar-refractivity contribution < 1.29 is 51.5 Å². The number of phosphoric acid groups is 3. The van der Waals surface area contributed by atoms with E-state index in [2.05, 4.69) is 13.1 Å². The predicted octanol–water partition coefficient (Wildman–Crippen LogP) is 0.268. The normalized spacial score (nSPS) is 19.8. The summed E-state index contributed by atoms with van der Waals surface area (Å²) in [6.45, 7) is 0.593. The Morgan fingerprint density at radius 1 is 1.05 bits per heavy atom. The van der Waals surface area contributed by atoms with E-state index in [1.165, 1.54) is 13.0 Å². The maximum Gasteiger partial charge on any atom is 0.490 e. The fraction of sp³-hybridized carbons (Fsp3) is 0.600. The van der Waals surface area contributed by atoms with Gasteiger partial charge in [0.25, 0.3) is 0 Å². The molecule has 0 bridgehead atoms. The zero-order chi connectivity index (χ0) is 15.3. The fourth-order valence-corrected chi connectivity index (χ4v) is 3.60. The first-order valence-electron chi connectivity index (χ1n) is 4.42. The van der Waals surface area contributed by atoms with Crippen LogP contribution < -0.4 is 0 Å². The number of hydrogen-bond acceptors (Lipinski definition) is 7. The molecule has 0 fully saturated rings. The maximum atomic E-state index is 11.1. The molecular weight excluding hydrogens is 329 g/mol. The zero-order valence-corrected chi connectivity index (χ0v) is 12.2. The van der Waals surface area contributed by atoms with E-state index in [0.29, 0.717) is 5.57 Å². The van der Waals surface area contributed by atoms with Crippen LogP contribution in [0, 0.1) is 0 Å². The summed E-state index contributed by atoms with van der Waals surface area (Å²) in [6, 6.07) is 0. The quantitative estimate of drug-likeness (QED) is 0.302. The van der Waals surface area contributed by atoms with Gasteiger partial charge in [-0.15, -0.1) is 0 Å². The highest BCUT2D eigenvalue weighted by atomic mass is 31.3. The monoisotopic (exact) mass is 342 g/mol. The van der Waals surface area contributed by atoms with E-state index >= 15 is 0 Å². The summed E-state index contributed by atoms with van der Waals surface area (Å²) in [4.78, 5) is 34.3. The van der Waals surface area contributed by atoms with Crippen molar-refractivity contribution in [2.24, 2.45) is 0 Å². The summed E-state index contributed by atoms with van der Waals surface area (Å²) in [6.07, 6.45) is 1.18. The van der Waals surface area contributed by atoms with E-state index < -0.39 is 30.1 Å². The van der Waals surface area contributed by atoms with Crippen LogP contribution in [0.15, 0.2) is 11.6 Å². The Hall–Kier alpha value is 0.110. The van der Waals surface area contributed by atoms with Crippen molar-refractivity contribution in [2.45, 2.75) is 6.92 Å². The number of phosphoric ester groups is 1. The van der Waals surface area contributed by atoms with E-state index in [9.17, 15) is 13.7 Å². The Morgan fingerprint density at radius 2 is 1.58 bits per heavy atom. The van der Waals surface area contributed by atoms with E-state index in [1.54, 1.807) is 0 Å². The lowest BCUT2D eigenvalue weighted by molar-refractivity contribution is 0.181. The number of aliphatic hydroxyl groups is 1. The minimum Gasteiger partial charge on any atom is -0.392 e. The molecule has 0 aliphatic rings. The van der Waals surface area contributed by atoms with Gasteiger partial charge in [0.15, 0.2) is 0 Å². The molecule has 0 saturated carbocycles. The van der Waals surface area contributed by atoms with Gasteiger partial charge in [-0.05, 0) is 12.5 Å². The first-order chi connectivity index (χ1) is 8.37. The molecule has 0 aromatic rings. The number of aliphatic hydroxyl groups excluding tert-OH is 1. The highest BCUT2D eigenvalue weighted by molar-refractivity contribution is 7.66. The van der Waals surface area contributed by atoms with Crippen molar-refractivity contribution in [2.75, 3.05) is 13.2 Å². The molecule has 2 unspecified atom stereocenters. The molecule has 0 aliphatic heterocycles. The summed E-state index contributed by atoms with van der Waals surface area (Å²) in [5, 5.41) is 8.60. The lowest BCUT2D eigenvalue weighted by Crippen LogP contribution is -1.97. The molecule has 114 valence electrons. The molecule has 0 spiro atoms. The van der Waals surface area contributed by atoms with Crippen LogP contribution in [-0.2, 0) is 26.8 Å². The van der Waals surface area contributed by atoms with Gasteiger partial charge in [0.1, 0.15) is 0 Å². The van der Waals surface area contributed by atoms with Crippen LogP contribution in [0.4, 0.5) is 0 Å². The third-order valence-corrected chi connectivity index (χ3v) is 5.14. The first kappa shape index (κ1) is 19.1. The van der Waals surface area contributed by atoms with Crippen LogP contribution in [0.1, 0.15) is 6.92 Å². The second kappa shape index (κ2) is 7.21. The average Bonchev–Trinajstić information content (AvgIpc) is 2.10. The molecular formula is C5H13O11P3. The summed E-state index contributed by atoms with van der Waals surface area (Å²) in [7, 11) is -15.9. The molecule has 5 N–H and O–H groups in total. The molecule has 11 nitrogen and oxygen atoms in total. The average molecular weight is 342 g/mol. The van der Waals surface area contributed by atoms with E-state index in [4.69, 9.17) is 24.7 Å². The Labute approximate surface area is 107 Å². The third kappa shape index (κ3) is 10.5. The predicted molar refractivity (Wildman–Crippen MR) is 60.7 cm³/mol. The van der Waals surface area contributed by atoms with Gasteiger partial charge in [-0.3, -0.25) is 4.52 Å². The molecule has 0 aromatic heterocycles. The fourth-order valence-electron chi connectivity index (χ4n) is 0.642. The molecule has 0 radical (unpaired) electrons. The van der Waals surface area contributed by atoms with Crippen molar-refractivity contribution in [1.82, 2.24) is 0 Å². The number of rotatable bonds is 8. The molecule has 19 heavy (non-hydrogen) atoms. The second-order valence-electron chi connectivity index (χ2n) is 3.10. The Balaban J connectivity index is 4.56. The smallest absolute Gasteiger partial charge is 0.392 e. The standard InChI is InChI=1S/C5H13O11P3/c1-5(4-6)2-3-14-18(10,11)16-19(12,13)15-17(7,8)9/h2,6H,3-4H2,1H3,(H,10,11)(H,12,13)(H2,7,8,9). The van der Waals surface area contributed by atoms with Crippen molar-refractivity contribution >= 4 is 23.5 Å². The van der Waals surface area contributed by atoms with Crippen LogP contribution in [0.3, 0.4) is 0 Å². The lowest BCUT2D eigenvalue weighted by atomic mass is 10.3. The minimum atomic E-state index is -5.48. The van der Waals surface area contributed by atoms with E-state index in [0.717, 1.165) is 0 Å². The molecule has 0 rings (SSSR count). The van der Waals surface area contributed by atoms with Gasteiger partial charge >= 0.3 is 23.5 Å². The summed E-state index contributed by atoms with van der Waals surface area (Å²) < 4.78 is 43.5. The van der Waals surface area contributed by atoms with Crippen LogP contribution in [0.5, 0.6) is 0 Å². The molecule has 0 aromatic carbocycles. The summed E-state index contributed by atoms with van der Waals surface area (Å²) in [5.41, 5.74) is 0.388. The highest BCUT2D eigenvalue weighted by Crippen LogP contribution is 2.66. The van der Waals surface area contributed by atoms with E-state index in [1.807, 2.05) is 0 Å². The minimum absolute atomic E-state index is 0.334. The van der Waals surface area contributed by atoms with Crippen LogP contribution in [0.25, 0.3) is 0 Å². The Bertz CT molecular complexity index is 463. The van der Waals surface area contributed by atoms with Gasteiger partial charge in [-0.25, -0.2) is 13.7 Å². The zero-order valence-electron chi connectivity index (χ0n) is 9.52. The molecule has 2 atom stereocenters. The van der Waals surface area contributed by atoms with E-state index in [-0.39, 0.29) is 6.61 Å². The topological polar surface area (TPSA) is 180 Å². The van der Waals surface area contributed by atoms with Gasteiger partial charge in [0.2, 0.25) is 0 Å². The highest BCUT2D eigenvalue weighted by Gasteiger charge is 2.40. The SMILES string of the molecule is CC(=CCOP(=O)(O)OP(=O)(O)OP(=O)(O)O)CO. The van der Waals surface area contributed by atoms with Gasteiger partial charge in [-0.2, -0.15) is 8.62 Å². The molecule has 14 heteroatoms. The maximum absolute atomic E-state index is 11.1. The van der Waals surface area contributed by atoms with Crippen molar-refractivity contribution in [3.63, 3.8) is 0 Å². The largest absolute Gasteiger partial charge is 0.490 e. The van der Waals surface area contributed by atoms with Crippen LogP contribution in [-0.4, -0.2) is 37.9 Å². The van der Waals surface area contributed by atoms with Gasteiger partial charge in [0.05, 0.1) is 13.2 Å². The van der Waals surface area contributed by atoms with Crippen molar-refractivity contribution in [3.05, 3.63) is 11.6 Å². The molecule has 0 aliphatic carbocycles. The second-order valence-corrected chi connectivity index (χ2v) is 7.52. The summed E-state index contributed by atoms with van der Waals surface area (Å²) in [5.74, 6) is 0. The molecule has 0 saturated heterocycles. The molecule has 0 heterocycles. The number of hydrogen-bond donors (Lipinski definition) is 5. The van der Waals surface area contributed by atoms with Crippen LogP contribution in [0.2, 0.25) is 0 Å². The lowest BCUT2D eigenvalue weighted by Gasteiger charge is -2.15. The Morgan fingerprint density at radius 3 is 2.00 bits per heavy atom. The van der Waals surface area contributed by atoms with Gasteiger partial charge in [0, 0.05) is 0 Å². The third-order valence-electron chi connectivity index (χ3n) is 1.33. The summed E-state index contributed by atoms with van der Waals surface area (Å²) >= 11 is 0. The van der Waals surface area contributed by atoms with Gasteiger partial charge in [-0.1, -0.05) is 6.08 Å². The van der Waals surface area contributed by atoms with Crippen LogP contribution >= 0.6 is 23.5 Å².